The molecule has 5 nitrogen and oxygen atoms in total. The van der Waals surface area contributed by atoms with Gasteiger partial charge in [0, 0.05) is 36.5 Å². The van der Waals surface area contributed by atoms with E-state index in [1.807, 2.05) is 29.9 Å². The fraction of sp³-hybridized carbons (Fsp3) is 0.261. The lowest BCUT2D eigenvalue weighted by molar-refractivity contribution is 0.680. The third kappa shape index (κ3) is 4.27. The van der Waals surface area contributed by atoms with Crippen LogP contribution in [0, 0.1) is 0 Å². The Balaban J connectivity index is 1.73. The van der Waals surface area contributed by atoms with Gasteiger partial charge in [0.05, 0.1) is 6.54 Å². The van der Waals surface area contributed by atoms with E-state index in [2.05, 4.69) is 42.7 Å². The van der Waals surface area contributed by atoms with Crippen LogP contribution >= 0.6 is 11.8 Å². The molecule has 0 unspecified atom stereocenters. The van der Waals surface area contributed by atoms with E-state index in [0.29, 0.717) is 13.1 Å². The van der Waals surface area contributed by atoms with Crippen molar-refractivity contribution >= 4 is 22.5 Å². The summed E-state index contributed by atoms with van der Waals surface area (Å²) in [6, 6.07) is 18.4. The number of hydrogen-bond acceptors (Lipinski definition) is 4. The molecule has 0 aliphatic carbocycles. The zero-order valence-corrected chi connectivity index (χ0v) is 17.5. The van der Waals surface area contributed by atoms with Crippen molar-refractivity contribution in [3.8, 4) is 11.4 Å². The minimum atomic E-state index is -0.0177. The van der Waals surface area contributed by atoms with Crippen LogP contribution in [0.4, 0.5) is 0 Å². The Hall–Kier alpha value is -2.86. The first-order valence-electron chi connectivity index (χ1n) is 9.79. The number of aryl methyl sites for hydroxylation is 2. The van der Waals surface area contributed by atoms with Gasteiger partial charge in [0.1, 0.15) is 0 Å². The smallest absolute Gasteiger partial charge is 0.251 e. The fourth-order valence-corrected chi connectivity index (χ4v) is 3.82. The highest BCUT2D eigenvalue weighted by molar-refractivity contribution is 7.98. The second kappa shape index (κ2) is 8.66. The predicted molar refractivity (Wildman–Crippen MR) is 121 cm³/mol. The first-order chi connectivity index (χ1) is 14.2. The van der Waals surface area contributed by atoms with Gasteiger partial charge >= 0.3 is 0 Å². The number of nitrogens with zero attached hydrogens (tertiary/aromatic N) is 4. The lowest BCUT2D eigenvalue weighted by Crippen LogP contribution is -2.17. The summed E-state index contributed by atoms with van der Waals surface area (Å²) >= 11 is 1.78. The monoisotopic (exact) mass is 404 g/mol. The summed E-state index contributed by atoms with van der Waals surface area (Å²) in [5.41, 5.74) is 1.95. The summed E-state index contributed by atoms with van der Waals surface area (Å²) in [5.74, 6) is 2.53. The molecule has 29 heavy (non-hydrogen) atoms. The predicted octanol–water partition coefficient (Wildman–Crippen LogP) is 4.23. The van der Waals surface area contributed by atoms with Crippen molar-refractivity contribution in [2.45, 2.75) is 26.4 Å². The SMILES string of the molecule is CCn1ccc(-c2nc(CCSC)nn2Cc2ccc3ccccc3c2)cc1=O. The zero-order chi connectivity index (χ0) is 20.2. The topological polar surface area (TPSA) is 52.7 Å². The van der Waals surface area contributed by atoms with Gasteiger partial charge in [-0.25, -0.2) is 9.67 Å². The Morgan fingerprint density at radius 2 is 1.86 bits per heavy atom. The molecule has 6 heteroatoms. The first-order valence-corrected chi connectivity index (χ1v) is 11.2. The van der Waals surface area contributed by atoms with E-state index in [0.717, 1.165) is 34.9 Å². The van der Waals surface area contributed by atoms with Crippen LogP contribution in [0.3, 0.4) is 0 Å². The molecule has 2 aromatic carbocycles. The molecule has 0 N–H and O–H groups in total. The van der Waals surface area contributed by atoms with E-state index < -0.39 is 0 Å². The van der Waals surface area contributed by atoms with Crippen molar-refractivity contribution in [2.75, 3.05) is 12.0 Å². The summed E-state index contributed by atoms with van der Waals surface area (Å²) in [6.45, 7) is 3.23. The maximum Gasteiger partial charge on any atom is 0.251 e. The molecule has 0 aliphatic heterocycles. The molecular formula is C23H24N4OS. The third-order valence-corrected chi connectivity index (χ3v) is 5.60. The maximum absolute atomic E-state index is 12.3. The van der Waals surface area contributed by atoms with E-state index in [1.165, 1.54) is 10.8 Å². The first kappa shape index (κ1) is 19.5. The number of pyridine rings is 1. The van der Waals surface area contributed by atoms with Crippen LogP contribution in [0.5, 0.6) is 0 Å². The number of thioether (sulfide) groups is 1. The normalized spacial score (nSPS) is 11.2. The average molecular weight is 405 g/mol. The van der Waals surface area contributed by atoms with Crippen LogP contribution in [0.2, 0.25) is 0 Å². The van der Waals surface area contributed by atoms with Gasteiger partial charge in [-0.05, 0) is 41.6 Å². The van der Waals surface area contributed by atoms with Gasteiger partial charge in [-0.3, -0.25) is 4.79 Å². The molecule has 0 bridgehead atoms. The summed E-state index contributed by atoms with van der Waals surface area (Å²) in [5, 5.41) is 7.18. The Morgan fingerprint density at radius 3 is 2.62 bits per heavy atom. The molecular weight excluding hydrogens is 380 g/mol. The van der Waals surface area contributed by atoms with Gasteiger partial charge in [-0.15, -0.1) is 0 Å². The van der Waals surface area contributed by atoms with Crippen LogP contribution in [-0.4, -0.2) is 31.3 Å². The molecule has 0 fully saturated rings. The van der Waals surface area contributed by atoms with Gasteiger partial charge in [-0.2, -0.15) is 16.9 Å². The van der Waals surface area contributed by atoms with E-state index in [9.17, 15) is 4.79 Å². The van der Waals surface area contributed by atoms with Crippen molar-refractivity contribution < 1.29 is 0 Å². The third-order valence-electron chi connectivity index (χ3n) is 4.99. The van der Waals surface area contributed by atoms with Crippen LogP contribution < -0.4 is 5.56 Å². The second-order valence-electron chi connectivity index (χ2n) is 6.97. The standard InChI is InChI=1S/C23H24N4OS/c1-3-26-12-10-20(15-22(26)28)23-24-21(11-13-29-2)25-27(23)16-17-8-9-18-6-4-5-7-19(18)14-17/h4-10,12,14-15H,3,11,13,16H2,1-2H3. The van der Waals surface area contributed by atoms with Gasteiger partial charge in [0.15, 0.2) is 11.6 Å². The molecule has 0 radical (unpaired) electrons. The van der Waals surface area contributed by atoms with Crippen LogP contribution in [0.15, 0.2) is 65.6 Å². The molecule has 0 saturated heterocycles. The lowest BCUT2D eigenvalue weighted by Gasteiger charge is -2.08. The van der Waals surface area contributed by atoms with Crippen molar-refractivity contribution in [1.82, 2.24) is 19.3 Å². The van der Waals surface area contributed by atoms with Crippen LogP contribution in [-0.2, 0) is 19.5 Å². The molecule has 4 rings (SSSR count). The Morgan fingerprint density at radius 1 is 1.03 bits per heavy atom. The molecule has 2 aromatic heterocycles. The van der Waals surface area contributed by atoms with Crippen LogP contribution in [0.25, 0.3) is 22.2 Å². The molecule has 0 spiro atoms. The molecule has 0 atom stereocenters. The second-order valence-corrected chi connectivity index (χ2v) is 7.96. The van der Waals surface area contributed by atoms with E-state index >= 15 is 0 Å². The maximum atomic E-state index is 12.3. The van der Waals surface area contributed by atoms with E-state index in [-0.39, 0.29) is 5.56 Å². The number of benzene rings is 2. The van der Waals surface area contributed by atoms with Gasteiger partial charge < -0.3 is 4.57 Å². The summed E-state index contributed by atoms with van der Waals surface area (Å²) in [7, 11) is 0. The largest absolute Gasteiger partial charge is 0.316 e. The zero-order valence-electron chi connectivity index (χ0n) is 16.7. The van der Waals surface area contributed by atoms with Crippen molar-refractivity contribution in [2.24, 2.45) is 0 Å². The van der Waals surface area contributed by atoms with Gasteiger partial charge in [0.25, 0.3) is 5.56 Å². The highest BCUT2D eigenvalue weighted by Crippen LogP contribution is 2.20. The Labute approximate surface area is 174 Å². The Kier molecular flexibility index (Phi) is 5.81. The minimum absolute atomic E-state index is 0.0177. The number of hydrogen-bond donors (Lipinski definition) is 0. The van der Waals surface area contributed by atoms with Crippen molar-refractivity contribution in [1.29, 1.82) is 0 Å². The average Bonchev–Trinajstić information content (AvgIpc) is 3.14. The van der Waals surface area contributed by atoms with E-state index in [1.54, 1.807) is 22.4 Å². The van der Waals surface area contributed by atoms with Gasteiger partial charge in [-0.1, -0.05) is 36.4 Å². The molecule has 148 valence electrons. The molecule has 0 aliphatic rings. The molecule has 0 saturated carbocycles. The summed E-state index contributed by atoms with van der Waals surface area (Å²) in [6.07, 6.45) is 4.72. The van der Waals surface area contributed by atoms with Crippen molar-refractivity contribution in [3.05, 3.63) is 82.5 Å². The number of aromatic nitrogens is 4. The molecule has 2 heterocycles. The highest BCUT2D eigenvalue weighted by Gasteiger charge is 2.14. The lowest BCUT2D eigenvalue weighted by atomic mass is 10.1. The van der Waals surface area contributed by atoms with Crippen molar-refractivity contribution in [3.63, 3.8) is 0 Å². The van der Waals surface area contributed by atoms with Gasteiger partial charge in [0.2, 0.25) is 0 Å². The number of rotatable bonds is 7. The Bertz CT molecular complexity index is 1190. The molecule has 4 aromatic rings. The highest BCUT2D eigenvalue weighted by atomic mass is 32.2. The minimum Gasteiger partial charge on any atom is -0.316 e. The summed E-state index contributed by atoms with van der Waals surface area (Å²) in [4.78, 5) is 17.1. The fourth-order valence-electron chi connectivity index (χ4n) is 3.43. The number of fused-ring (bicyclic) bond motifs is 1. The van der Waals surface area contributed by atoms with Crippen LogP contribution in [0.1, 0.15) is 18.3 Å². The summed E-state index contributed by atoms with van der Waals surface area (Å²) < 4.78 is 3.60. The van der Waals surface area contributed by atoms with E-state index in [4.69, 9.17) is 10.1 Å². The quantitative estimate of drug-likeness (QED) is 0.462. The molecule has 0 amide bonds.